The number of hydrogen-bond acceptors (Lipinski definition) is 4. The van der Waals surface area contributed by atoms with Gasteiger partial charge in [0, 0.05) is 31.6 Å². The van der Waals surface area contributed by atoms with Crippen molar-refractivity contribution >= 4 is 28.3 Å². The van der Waals surface area contributed by atoms with Crippen molar-refractivity contribution in [3.63, 3.8) is 0 Å². The summed E-state index contributed by atoms with van der Waals surface area (Å²) in [6.45, 7) is 5.34. The highest BCUT2D eigenvalue weighted by Crippen LogP contribution is 2.21. The molecule has 0 aromatic heterocycles. The fraction of sp³-hybridized carbons (Fsp3) is 0.588. The van der Waals surface area contributed by atoms with Gasteiger partial charge < -0.3 is 11.1 Å². The second-order valence-corrected chi connectivity index (χ2v) is 8.96. The number of nitrogens with one attached hydrogen (secondary N) is 1. The molecule has 0 unspecified atom stereocenters. The van der Waals surface area contributed by atoms with E-state index < -0.39 is 15.6 Å². The Morgan fingerprint density at radius 3 is 2.28 bits per heavy atom. The van der Waals surface area contributed by atoms with Gasteiger partial charge in [0.05, 0.1) is 4.90 Å². The van der Waals surface area contributed by atoms with Crippen LogP contribution in [0.3, 0.4) is 0 Å². The van der Waals surface area contributed by atoms with Gasteiger partial charge in [-0.3, -0.25) is 4.79 Å². The Morgan fingerprint density at radius 1 is 1.20 bits per heavy atom. The molecule has 1 aromatic rings. The Hall–Kier alpha value is -1.15. The van der Waals surface area contributed by atoms with Crippen LogP contribution in [0.4, 0.5) is 0 Å². The minimum absolute atomic E-state index is 0. The van der Waals surface area contributed by atoms with Gasteiger partial charge in [-0.05, 0) is 50.8 Å². The molecule has 0 bridgehead atoms. The fourth-order valence-corrected chi connectivity index (χ4v) is 4.10. The highest BCUT2D eigenvalue weighted by Gasteiger charge is 2.26. The molecule has 1 aliphatic rings. The van der Waals surface area contributed by atoms with Crippen molar-refractivity contribution in [1.82, 2.24) is 9.62 Å². The van der Waals surface area contributed by atoms with Crippen molar-refractivity contribution in [1.29, 1.82) is 0 Å². The van der Waals surface area contributed by atoms with Crippen LogP contribution in [0.2, 0.25) is 0 Å². The summed E-state index contributed by atoms with van der Waals surface area (Å²) in [4.78, 5) is 12.1. The molecule has 8 heteroatoms. The average Bonchev–Trinajstić information content (AvgIpc) is 3.06. The minimum atomic E-state index is -3.37. The smallest absolute Gasteiger partial charge is 0.243 e. The van der Waals surface area contributed by atoms with Gasteiger partial charge in [-0.2, -0.15) is 4.31 Å². The second kappa shape index (κ2) is 8.98. The summed E-state index contributed by atoms with van der Waals surface area (Å²) in [5.41, 5.74) is 6.34. The largest absolute Gasteiger partial charge is 0.354 e. The van der Waals surface area contributed by atoms with E-state index in [1.807, 2.05) is 13.8 Å². The van der Waals surface area contributed by atoms with Crippen molar-refractivity contribution in [2.45, 2.75) is 50.0 Å². The molecule has 0 aliphatic carbocycles. The third-order valence-corrected chi connectivity index (χ3v) is 5.92. The first-order chi connectivity index (χ1) is 11.2. The highest BCUT2D eigenvalue weighted by atomic mass is 35.5. The van der Waals surface area contributed by atoms with E-state index in [-0.39, 0.29) is 18.3 Å². The number of halogens is 1. The lowest BCUT2D eigenvalue weighted by Crippen LogP contribution is -2.45. The number of sulfonamides is 1. The summed E-state index contributed by atoms with van der Waals surface area (Å²) in [7, 11) is -3.37. The SMILES string of the molecule is CC(C)(N)CNC(=O)CCc1ccc(S(=O)(=O)N2CCCC2)cc1.Cl. The zero-order chi connectivity index (χ0) is 17.8. The van der Waals surface area contributed by atoms with Gasteiger partial charge in [-0.15, -0.1) is 12.4 Å². The highest BCUT2D eigenvalue weighted by molar-refractivity contribution is 7.89. The molecule has 3 N–H and O–H groups in total. The predicted molar refractivity (Wildman–Crippen MR) is 101 cm³/mol. The topological polar surface area (TPSA) is 92.5 Å². The molecule has 25 heavy (non-hydrogen) atoms. The Bertz CT molecular complexity index is 663. The molecule has 1 aliphatic heterocycles. The van der Waals surface area contributed by atoms with E-state index in [1.165, 1.54) is 4.31 Å². The first kappa shape index (κ1) is 21.9. The third-order valence-electron chi connectivity index (χ3n) is 4.01. The number of nitrogens with two attached hydrogens (primary N) is 1. The molecule has 1 aromatic carbocycles. The second-order valence-electron chi connectivity index (χ2n) is 7.02. The van der Waals surface area contributed by atoms with Crippen LogP contribution in [0.5, 0.6) is 0 Å². The normalized spacial score (nSPS) is 15.6. The zero-order valence-electron chi connectivity index (χ0n) is 14.8. The summed E-state index contributed by atoms with van der Waals surface area (Å²) in [6, 6.07) is 6.82. The van der Waals surface area contributed by atoms with Crippen LogP contribution >= 0.6 is 12.4 Å². The Balaban J connectivity index is 0.00000312. The monoisotopic (exact) mass is 389 g/mol. The standard InChI is InChI=1S/C17H27N3O3S.ClH/c1-17(2,18)13-19-16(21)10-7-14-5-8-15(9-6-14)24(22,23)20-11-3-4-12-20;/h5-6,8-9H,3-4,7,10-13,18H2,1-2H3,(H,19,21);1H. The van der Waals surface area contributed by atoms with E-state index in [2.05, 4.69) is 5.32 Å². The first-order valence-electron chi connectivity index (χ1n) is 8.33. The summed E-state index contributed by atoms with van der Waals surface area (Å²) in [6.07, 6.45) is 2.77. The Kier molecular flexibility index (Phi) is 7.87. The molecule has 6 nitrogen and oxygen atoms in total. The zero-order valence-corrected chi connectivity index (χ0v) is 16.5. The van der Waals surface area contributed by atoms with Gasteiger partial charge >= 0.3 is 0 Å². The minimum Gasteiger partial charge on any atom is -0.354 e. The van der Waals surface area contributed by atoms with Crippen molar-refractivity contribution < 1.29 is 13.2 Å². The molecule has 1 saturated heterocycles. The maximum Gasteiger partial charge on any atom is 0.243 e. The molecule has 0 spiro atoms. The molecule has 0 radical (unpaired) electrons. The summed E-state index contributed by atoms with van der Waals surface area (Å²) in [5.74, 6) is -0.0534. The van der Waals surface area contributed by atoms with Gasteiger partial charge in [-0.25, -0.2) is 8.42 Å². The molecule has 142 valence electrons. The van der Waals surface area contributed by atoms with E-state index in [1.54, 1.807) is 24.3 Å². The number of carbonyl (C=O) groups is 1. The van der Waals surface area contributed by atoms with Crippen LogP contribution < -0.4 is 11.1 Å². The average molecular weight is 390 g/mol. The summed E-state index contributed by atoms with van der Waals surface area (Å²) in [5, 5.41) is 2.80. The molecule has 1 heterocycles. The lowest BCUT2D eigenvalue weighted by atomic mass is 10.1. The van der Waals surface area contributed by atoms with Crippen LogP contribution in [0, 0.1) is 0 Å². The Morgan fingerprint density at radius 2 is 1.76 bits per heavy atom. The summed E-state index contributed by atoms with van der Waals surface area (Å²) >= 11 is 0. The number of aryl methyl sites for hydroxylation is 1. The number of hydrogen-bond donors (Lipinski definition) is 2. The first-order valence-corrected chi connectivity index (χ1v) is 9.77. The molecule has 2 rings (SSSR count). The van der Waals surface area contributed by atoms with Gasteiger partial charge in [0.25, 0.3) is 0 Å². The lowest BCUT2D eigenvalue weighted by molar-refractivity contribution is -0.121. The molecular formula is C17H28ClN3O3S. The van der Waals surface area contributed by atoms with Crippen LogP contribution in [-0.4, -0.2) is 43.8 Å². The number of amides is 1. The van der Waals surface area contributed by atoms with Crippen molar-refractivity contribution in [2.24, 2.45) is 5.73 Å². The van der Waals surface area contributed by atoms with E-state index in [0.29, 0.717) is 37.4 Å². The fourth-order valence-electron chi connectivity index (χ4n) is 2.58. The van der Waals surface area contributed by atoms with E-state index in [9.17, 15) is 13.2 Å². The predicted octanol–water partition coefficient (Wildman–Crippen LogP) is 1.68. The maximum absolute atomic E-state index is 12.4. The van der Waals surface area contributed by atoms with Gasteiger partial charge in [-0.1, -0.05) is 12.1 Å². The molecule has 0 atom stereocenters. The van der Waals surface area contributed by atoms with Crippen molar-refractivity contribution in [3.8, 4) is 0 Å². The quantitative estimate of drug-likeness (QED) is 0.742. The lowest BCUT2D eigenvalue weighted by Gasteiger charge is -2.18. The van der Waals surface area contributed by atoms with Crippen LogP contribution in [0.1, 0.15) is 38.7 Å². The number of rotatable bonds is 7. The van der Waals surface area contributed by atoms with Gasteiger partial charge in [0.1, 0.15) is 0 Å². The van der Waals surface area contributed by atoms with Crippen LogP contribution in [0.15, 0.2) is 29.2 Å². The van der Waals surface area contributed by atoms with E-state index >= 15 is 0 Å². The van der Waals surface area contributed by atoms with Gasteiger partial charge in [0.2, 0.25) is 15.9 Å². The van der Waals surface area contributed by atoms with Crippen molar-refractivity contribution in [2.75, 3.05) is 19.6 Å². The number of benzene rings is 1. The molecule has 0 saturated carbocycles. The Labute approximate surface area is 156 Å². The maximum atomic E-state index is 12.4. The van der Waals surface area contributed by atoms with Crippen LogP contribution in [-0.2, 0) is 21.2 Å². The molecule has 1 amide bonds. The molecular weight excluding hydrogens is 362 g/mol. The van der Waals surface area contributed by atoms with Crippen LogP contribution in [0.25, 0.3) is 0 Å². The number of carbonyl (C=O) groups excluding carboxylic acids is 1. The summed E-state index contributed by atoms with van der Waals surface area (Å²) < 4.78 is 26.4. The van der Waals surface area contributed by atoms with Gasteiger partial charge in [0.15, 0.2) is 0 Å². The number of nitrogens with zero attached hydrogens (tertiary/aromatic N) is 1. The van der Waals surface area contributed by atoms with Crippen molar-refractivity contribution in [3.05, 3.63) is 29.8 Å². The third kappa shape index (κ3) is 6.58. The van der Waals surface area contributed by atoms with E-state index in [4.69, 9.17) is 5.73 Å². The van der Waals surface area contributed by atoms with E-state index in [0.717, 1.165) is 18.4 Å². The molecule has 1 fully saturated rings.